The number of allylic oxidation sites excluding steroid dienone is 5. The standard InChI is InChI=1S/C44H40N2.C8H13N.2H2/c1-28-19-29(2)22-35(21-28)40-25-33-13-7-6-8-16-38(33)42(32(40)5)43-39-17-10-9-14-34(39)26-41(36-23-30(3)20-31(4)24-36)44(43)46-27-37-15-11-12-18-45-37;1-8(7-9)5-3-2-4-6-8;;/h7-26,46H,6,27H2,1-5H3;2-5H,6-7,9H2,1H3;2*1H. The third-order valence-corrected chi connectivity index (χ3v) is 10.8. The zero-order valence-electron chi connectivity index (χ0n) is 33.2. The molecular weight excluding hydrogens is 667 g/mol. The predicted molar refractivity (Wildman–Crippen MR) is 242 cm³/mol. The van der Waals surface area contributed by atoms with E-state index in [0.717, 1.165) is 30.8 Å². The van der Waals surface area contributed by atoms with Crippen molar-refractivity contribution in [2.24, 2.45) is 11.1 Å². The molecule has 5 aromatic carbocycles. The average Bonchev–Trinajstić information content (AvgIpc) is 3.42. The second-order valence-corrected chi connectivity index (χ2v) is 15.6. The fraction of sp³-hybridized carbons (Fsp3) is 0.212. The first-order chi connectivity index (χ1) is 26.6. The van der Waals surface area contributed by atoms with Gasteiger partial charge in [-0.25, -0.2) is 0 Å². The summed E-state index contributed by atoms with van der Waals surface area (Å²) < 4.78 is 0. The van der Waals surface area contributed by atoms with Gasteiger partial charge < -0.3 is 11.1 Å². The summed E-state index contributed by atoms with van der Waals surface area (Å²) in [5, 5.41) is 6.42. The molecule has 0 saturated carbocycles. The summed E-state index contributed by atoms with van der Waals surface area (Å²) in [6.45, 7) is 14.6. The molecule has 3 heteroatoms. The Morgan fingerprint density at radius 2 is 1.38 bits per heavy atom. The van der Waals surface area contributed by atoms with Gasteiger partial charge in [-0.1, -0.05) is 145 Å². The predicted octanol–water partition coefficient (Wildman–Crippen LogP) is 13.8. The van der Waals surface area contributed by atoms with Crippen LogP contribution < -0.4 is 11.1 Å². The molecule has 1 aromatic heterocycles. The van der Waals surface area contributed by atoms with Gasteiger partial charge in [-0.15, -0.1) is 0 Å². The number of nitrogens with one attached hydrogen (secondary N) is 1. The minimum atomic E-state index is 0. The van der Waals surface area contributed by atoms with Gasteiger partial charge in [-0.2, -0.15) is 0 Å². The Hall–Kier alpha value is -5.77. The van der Waals surface area contributed by atoms with Gasteiger partial charge in [-0.05, 0) is 121 Å². The molecule has 0 spiro atoms. The van der Waals surface area contributed by atoms with Gasteiger partial charge >= 0.3 is 0 Å². The Bertz CT molecular complexity index is 2450. The van der Waals surface area contributed by atoms with Crippen LogP contribution in [0, 0.1) is 40.0 Å². The summed E-state index contributed by atoms with van der Waals surface area (Å²) in [4.78, 5) is 4.68. The van der Waals surface area contributed by atoms with Crippen LogP contribution in [-0.4, -0.2) is 11.5 Å². The number of hydrogen-bond donors (Lipinski definition) is 2. The van der Waals surface area contributed by atoms with E-state index < -0.39 is 0 Å². The maximum atomic E-state index is 5.55. The molecule has 1 atom stereocenters. The third-order valence-electron chi connectivity index (χ3n) is 10.8. The molecule has 2 aliphatic carbocycles. The largest absolute Gasteiger partial charge is 0.378 e. The number of nitrogens with two attached hydrogens (primary N) is 1. The summed E-state index contributed by atoms with van der Waals surface area (Å²) in [5.74, 6) is 0. The number of rotatable bonds is 7. The van der Waals surface area contributed by atoms with Crippen molar-refractivity contribution in [2.45, 2.75) is 60.9 Å². The lowest BCUT2D eigenvalue weighted by molar-refractivity contribution is 0.443. The van der Waals surface area contributed by atoms with Crippen molar-refractivity contribution in [3.8, 4) is 33.4 Å². The van der Waals surface area contributed by atoms with E-state index in [9.17, 15) is 0 Å². The fourth-order valence-electron chi connectivity index (χ4n) is 8.11. The van der Waals surface area contributed by atoms with Crippen LogP contribution in [0.4, 0.5) is 5.69 Å². The van der Waals surface area contributed by atoms with E-state index in [0.29, 0.717) is 6.54 Å². The Morgan fingerprint density at radius 1 is 0.709 bits per heavy atom. The summed E-state index contributed by atoms with van der Waals surface area (Å²) in [5.41, 5.74) is 24.3. The number of anilines is 1. The highest BCUT2D eigenvalue weighted by Gasteiger charge is 2.24. The summed E-state index contributed by atoms with van der Waals surface area (Å²) in [6, 6.07) is 33.5. The van der Waals surface area contributed by atoms with E-state index in [1.54, 1.807) is 0 Å². The van der Waals surface area contributed by atoms with Crippen molar-refractivity contribution in [3.63, 3.8) is 0 Å². The third kappa shape index (κ3) is 8.33. The normalized spacial score (nSPS) is 15.7. The Labute approximate surface area is 331 Å². The number of aryl methyl sites for hydroxylation is 4. The molecule has 55 heavy (non-hydrogen) atoms. The van der Waals surface area contributed by atoms with Gasteiger partial charge in [0, 0.05) is 32.1 Å². The van der Waals surface area contributed by atoms with Crippen molar-refractivity contribution < 1.29 is 2.85 Å². The zero-order chi connectivity index (χ0) is 38.5. The van der Waals surface area contributed by atoms with Crippen LogP contribution in [-0.2, 0) is 6.54 Å². The molecule has 1 unspecified atom stereocenters. The van der Waals surface area contributed by atoms with E-state index >= 15 is 0 Å². The molecule has 1 heterocycles. The first-order valence-corrected chi connectivity index (χ1v) is 19.5. The van der Waals surface area contributed by atoms with Crippen molar-refractivity contribution in [1.82, 2.24) is 4.98 Å². The Balaban J connectivity index is 0.000000500. The van der Waals surface area contributed by atoms with Gasteiger partial charge in [0.25, 0.3) is 0 Å². The summed E-state index contributed by atoms with van der Waals surface area (Å²) >= 11 is 0. The van der Waals surface area contributed by atoms with Gasteiger partial charge in [0.05, 0.1) is 17.9 Å². The molecule has 3 N–H and O–H groups in total. The molecular formula is C52H57N3. The van der Waals surface area contributed by atoms with Crippen molar-refractivity contribution in [2.75, 3.05) is 11.9 Å². The smallest absolute Gasteiger partial charge is 0.0594 e. The zero-order valence-corrected chi connectivity index (χ0v) is 33.2. The van der Waals surface area contributed by atoms with Crippen molar-refractivity contribution >= 4 is 28.6 Å². The lowest BCUT2D eigenvalue weighted by atomic mass is 9.81. The van der Waals surface area contributed by atoms with Gasteiger partial charge in [0.2, 0.25) is 0 Å². The lowest BCUT2D eigenvalue weighted by Gasteiger charge is -2.25. The van der Waals surface area contributed by atoms with E-state index in [1.807, 2.05) is 12.3 Å². The number of benzene rings is 5. The van der Waals surface area contributed by atoms with Crippen LogP contribution in [0.3, 0.4) is 0 Å². The van der Waals surface area contributed by atoms with Gasteiger partial charge in [-0.3, -0.25) is 4.98 Å². The monoisotopic (exact) mass is 723 g/mol. The molecule has 0 fully saturated rings. The molecule has 8 rings (SSSR count). The molecule has 0 bridgehead atoms. The minimum absolute atomic E-state index is 0. The molecule has 2 aliphatic rings. The lowest BCUT2D eigenvalue weighted by Crippen LogP contribution is -2.24. The SMILES string of the molecule is CC1(CN)C=CC=CC1.Cc1cc(C)cc(-c2cc3c(c(-c4c(NCc5ccccn5)c(-c5cc(C)cc(C)c5)cc5ccccc45)c2C)C=CCC=C3)c1.[HH].[HH]. The molecule has 0 radical (unpaired) electrons. The minimum Gasteiger partial charge on any atom is -0.378 e. The second kappa shape index (κ2) is 16.3. The maximum absolute atomic E-state index is 5.55. The molecule has 0 aliphatic heterocycles. The summed E-state index contributed by atoms with van der Waals surface area (Å²) in [6.07, 6.45) is 21.5. The van der Waals surface area contributed by atoms with E-state index in [-0.39, 0.29) is 8.27 Å². The highest BCUT2D eigenvalue weighted by molar-refractivity contribution is 6.11. The molecule has 3 nitrogen and oxygen atoms in total. The number of aromatic nitrogens is 1. The summed E-state index contributed by atoms with van der Waals surface area (Å²) in [7, 11) is 0. The number of fused-ring (bicyclic) bond motifs is 2. The van der Waals surface area contributed by atoms with Crippen LogP contribution in [0.15, 0.2) is 134 Å². The maximum Gasteiger partial charge on any atom is 0.0594 e. The molecule has 6 aromatic rings. The topological polar surface area (TPSA) is 50.9 Å². The Morgan fingerprint density at radius 3 is 2.02 bits per heavy atom. The van der Waals surface area contributed by atoms with Crippen LogP contribution in [0.5, 0.6) is 0 Å². The number of pyridine rings is 1. The second-order valence-electron chi connectivity index (χ2n) is 15.6. The average molecular weight is 724 g/mol. The van der Waals surface area contributed by atoms with Crippen molar-refractivity contribution in [3.05, 3.63) is 178 Å². The Kier molecular flexibility index (Phi) is 11.1. The molecule has 0 saturated heterocycles. The van der Waals surface area contributed by atoms with Gasteiger partial charge in [0.15, 0.2) is 0 Å². The van der Waals surface area contributed by atoms with Crippen LogP contribution in [0.1, 0.15) is 67.3 Å². The molecule has 280 valence electrons. The van der Waals surface area contributed by atoms with E-state index in [4.69, 9.17) is 5.73 Å². The number of nitrogens with zero attached hydrogens (tertiary/aromatic N) is 1. The van der Waals surface area contributed by atoms with Crippen LogP contribution >= 0.6 is 0 Å². The highest BCUT2D eigenvalue weighted by atomic mass is 14.9. The number of hydrogen-bond acceptors (Lipinski definition) is 3. The molecule has 0 amide bonds. The van der Waals surface area contributed by atoms with Crippen molar-refractivity contribution in [1.29, 1.82) is 0 Å². The van der Waals surface area contributed by atoms with Gasteiger partial charge in [0.1, 0.15) is 0 Å². The quantitative estimate of drug-likeness (QED) is 0.172. The fourth-order valence-corrected chi connectivity index (χ4v) is 8.11. The van der Waals surface area contributed by atoms with Crippen LogP contribution in [0.25, 0.3) is 56.3 Å². The van der Waals surface area contributed by atoms with Crippen LogP contribution in [0.2, 0.25) is 0 Å². The van der Waals surface area contributed by atoms with E-state index in [1.165, 1.54) is 83.1 Å². The highest BCUT2D eigenvalue weighted by Crippen LogP contribution is 2.48. The van der Waals surface area contributed by atoms with E-state index in [2.05, 4.69) is 185 Å². The first kappa shape index (κ1) is 37.5. The first-order valence-electron chi connectivity index (χ1n) is 19.5.